The van der Waals surface area contributed by atoms with Crippen LogP contribution in [0.2, 0.25) is 0 Å². The maximum absolute atomic E-state index is 11.6. The second-order valence-electron chi connectivity index (χ2n) is 5.08. The van der Waals surface area contributed by atoms with Crippen LogP contribution in [0.3, 0.4) is 0 Å². The summed E-state index contributed by atoms with van der Waals surface area (Å²) in [5.41, 5.74) is 11.3. The van der Waals surface area contributed by atoms with Crippen molar-refractivity contribution in [2.45, 2.75) is 12.8 Å². The molecular weight excluding hydrogens is 262 g/mol. The minimum atomic E-state index is -0.433. The van der Waals surface area contributed by atoms with E-state index in [4.69, 9.17) is 10.5 Å². The molecule has 2 aromatic rings. The molecule has 2 N–H and O–H groups in total. The lowest BCUT2D eigenvalue weighted by Gasteiger charge is -2.13. The Kier molecular flexibility index (Phi) is 3.59. The maximum atomic E-state index is 11.6. The predicted octanol–water partition coefficient (Wildman–Crippen LogP) is 2.85. The van der Waals surface area contributed by atoms with Crippen LogP contribution in [0.15, 0.2) is 49.1 Å². The number of ether oxygens (including phenoxy) is 1. The van der Waals surface area contributed by atoms with Gasteiger partial charge in [-0.05, 0) is 35.2 Å². The topological polar surface area (TPSA) is 52.3 Å². The molecule has 106 valence electrons. The zero-order valence-corrected chi connectivity index (χ0v) is 11.8. The Balaban J connectivity index is 2.12. The number of carbonyl (C=O) groups excluding carboxylic acids is 1. The van der Waals surface area contributed by atoms with Gasteiger partial charge in [0, 0.05) is 18.1 Å². The van der Waals surface area contributed by atoms with E-state index in [2.05, 4.69) is 24.8 Å². The number of rotatable bonds is 4. The molecule has 0 radical (unpaired) electrons. The fourth-order valence-electron chi connectivity index (χ4n) is 2.85. The SMILES string of the molecule is C=CC(=O)Oc1c(CCN)ccc2c1Cc1ccccc1-2. The third-order valence-corrected chi connectivity index (χ3v) is 3.80. The summed E-state index contributed by atoms with van der Waals surface area (Å²) in [6.45, 7) is 3.98. The first-order valence-corrected chi connectivity index (χ1v) is 7.02. The largest absolute Gasteiger partial charge is 0.423 e. The predicted molar refractivity (Wildman–Crippen MR) is 83.3 cm³/mol. The van der Waals surface area contributed by atoms with E-state index >= 15 is 0 Å². The van der Waals surface area contributed by atoms with Gasteiger partial charge in [-0.15, -0.1) is 0 Å². The molecule has 0 atom stereocenters. The van der Waals surface area contributed by atoms with Gasteiger partial charge in [0.15, 0.2) is 0 Å². The number of benzene rings is 2. The van der Waals surface area contributed by atoms with Gasteiger partial charge < -0.3 is 10.5 Å². The second-order valence-corrected chi connectivity index (χ2v) is 5.08. The molecule has 3 nitrogen and oxygen atoms in total. The first-order chi connectivity index (χ1) is 10.2. The van der Waals surface area contributed by atoms with E-state index in [0.29, 0.717) is 18.7 Å². The highest BCUT2D eigenvalue weighted by atomic mass is 16.5. The average Bonchev–Trinajstić information content (AvgIpc) is 2.88. The van der Waals surface area contributed by atoms with E-state index in [1.807, 2.05) is 18.2 Å². The molecule has 1 aliphatic carbocycles. The lowest BCUT2D eigenvalue weighted by atomic mass is 10.0. The summed E-state index contributed by atoms with van der Waals surface area (Å²) >= 11 is 0. The summed E-state index contributed by atoms with van der Waals surface area (Å²) in [6.07, 6.45) is 2.65. The van der Waals surface area contributed by atoms with Gasteiger partial charge in [-0.2, -0.15) is 0 Å². The minimum absolute atomic E-state index is 0.433. The van der Waals surface area contributed by atoms with Crippen LogP contribution in [0, 0.1) is 0 Å². The summed E-state index contributed by atoms with van der Waals surface area (Å²) in [6, 6.07) is 12.4. The highest BCUT2D eigenvalue weighted by Crippen LogP contribution is 2.42. The van der Waals surface area contributed by atoms with Crippen LogP contribution < -0.4 is 10.5 Å². The highest BCUT2D eigenvalue weighted by Gasteiger charge is 2.24. The summed E-state index contributed by atoms with van der Waals surface area (Å²) in [4.78, 5) is 11.6. The Labute approximate surface area is 124 Å². The van der Waals surface area contributed by atoms with E-state index in [1.54, 1.807) is 0 Å². The Bertz CT molecular complexity index is 719. The Hall–Kier alpha value is -2.39. The summed E-state index contributed by atoms with van der Waals surface area (Å²) in [7, 11) is 0. The van der Waals surface area contributed by atoms with Gasteiger partial charge in [-0.1, -0.05) is 43.0 Å². The summed E-state index contributed by atoms with van der Waals surface area (Å²) in [5, 5.41) is 0. The van der Waals surface area contributed by atoms with E-state index in [1.165, 1.54) is 17.2 Å². The molecule has 3 rings (SSSR count). The molecule has 0 spiro atoms. The van der Waals surface area contributed by atoms with Crippen LogP contribution in [-0.2, 0) is 17.6 Å². The van der Waals surface area contributed by atoms with E-state index in [-0.39, 0.29) is 0 Å². The van der Waals surface area contributed by atoms with Gasteiger partial charge >= 0.3 is 5.97 Å². The quantitative estimate of drug-likeness (QED) is 0.454. The number of fused-ring (bicyclic) bond motifs is 3. The molecule has 1 aliphatic rings. The second kappa shape index (κ2) is 5.54. The van der Waals surface area contributed by atoms with E-state index in [9.17, 15) is 4.79 Å². The molecule has 0 aromatic heterocycles. The van der Waals surface area contributed by atoms with Crippen LogP contribution >= 0.6 is 0 Å². The van der Waals surface area contributed by atoms with Crippen molar-refractivity contribution in [1.82, 2.24) is 0 Å². The van der Waals surface area contributed by atoms with Gasteiger partial charge in [-0.3, -0.25) is 0 Å². The molecule has 0 heterocycles. The molecule has 0 saturated carbocycles. The van der Waals surface area contributed by atoms with Crippen LogP contribution in [0.4, 0.5) is 0 Å². The zero-order valence-electron chi connectivity index (χ0n) is 11.8. The standard InChI is InChI=1S/C18H17NO2/c1-2-17(20)21-18-12(9-10-19)7-8-15-14-6-4-3-5-13(14)11-16(15)18/h2-8H,1,9-11,19H2. The number of hydrogen-bond donors (Lipinski definition) is 1. The molecule has 2 aromatic carbocycles. The summed E-state index contributed by atoms with van der Waals surface area (Å²) < 4.78 is 5.51. The van der Waals surface area contributed by atoms with Crippen molar-refractivity contribution in [2.75, 3.05) is 6.54 Å². The van der Waals surface area contributed by atoms with Crippen molar-refractivity contribution in [3.8, 4) is 16.9 Å². The van der Waals surface area contributed by atoms with Gasteiger partial charge in [-0.25, -0.2) is 4.79 Å². The van der Waals surface area contributed by atoms with Crippen molar-refractivity contribution in [2.24, 2.45) is 5.73 Å². The van der Waals surface area contributed by atoms with Gasteiger partial charge in [0.25, 0.3) is 0 Å². The Morgan fingerprint density at radius 2 is 2.05 bits per heavy atom. The number of esters is 1. The molecule has 0 unspecified atom stereocenters. The number of hydrogen-bond acceptors (Lipinski definition) is 3. The minimum Gasteiger partial charge on any atom is -0.423 e. The fourth-order valence-corrected chi connectivity index (χ4v) is 2.85. The fraction of sp³-hybridized carbons (Fsp3) is 0.167. The smallest absolute Gasteiger partial charge is 0.335 e. The van der Waals surface area contributed by atoms with Crippen molar-refractivity contribution >= 4 is 5.97 Å². The average molecular weight is 279 g/mol. The Morgan fingerprint density at radius 1 is 1.24 bits per heavy atom. The summed E-state index contributed by atoms with van der Waals surface area (Å²) in [5.74, 6) is 0.219. The third-order valence-electron chi connectivity index (χ3n) is 3.80. The monoisotopic (exact) mass is 279 g/mol. The first kappa shape index (κ1) is 13.6. The maximum Gasteiger partial charge on any atom is 0.335 e. The van der Waals surface area contributed by atoms with Crippen molar-refractivity contribution in [3.63, 3.8) is 0 Å². The van der Waals surface area contributed by atoms with E-state index in [0.717, 1.165) is 23.1 Å². The lowest BCUT2D eigenvalue weighted by molar-refractivity contribution is -0.129. The van der Waals surface area contributed by atoms with Crippen molar-refractivity contribution in [1.29, 1.82) is 0 Å². The molecule has 0 saturated heterocycles. The lowest BCUT2D eigenvalue weighted by Crippen LogP contribution is -2.10. The molecular formula is C18H17NO2. The van der Waals surface area contributed by atoms with Gasteiger partial charge in [0.2, 0.25) is 0 Å². The molecule has 0 amide bonds. The molecule has 0 bridgehead atoms. The molecule has 0 fully saturated rings. The van der Waals surface area contributed by atoms with Gasteiger partial charge in [0.1, 0.15) is 5.75 Å². The van der Waals surface area contributed by atoms with Crippen LogP contribution in [0.25, 0.3) is 11.1 Å². The van der Waals surface area contributed by atoms with Gasteiger partial charge in [0.05, 0.1) is 0 Å². The van der Waals surface area contributed by atoms with E-state index < -0.39 is 5.97 Å². The van der Waals surface area contributed by atoms with Crippen LogP contribution in [0.1, 0.15) is 16.7 Å². The zero-order chi connectivity index (χ0) is 14.8. The van der Waals surface area contributed by atoms with Crippen LogP contribution in [-0.4, -0.2) is 12.5 Å². The molecule has 3 heteroatoms. The normalized spacial score (nSPS) is 11.7. The number of nitrogens with two attached hydrogens (primary N) is 1. The third kappa shape index (κ3) is 2.36. The van der Waals surface area contributed by atoms with Crippen molar-refractivity contribution in [3.05, 3.63) is 65.7 Å². The highest BCUT2D eigenvalue weighted by molar-refractivity contribution is 5.86. The van der Waals surface area contributed by atoms with Crippen LogP contribution in [0.5, 0.6) is 5.75 Å². The molecule has 0 aliphatic heterocycles. The first-order valence-electron chi connectivity index (χ1n) is 7.02. The number of carbonyl (C=O) groups is 1. The molecule has 21 heavy (non-hydrogen) atoms. The Morgan fingerprint density at radius 3 is 2.81 bits per heavy atom. The van der Waals surface area contributed by atoms with Crippen molar-refractivity contribution < 1.29 is 9.53 Å².